The highest BCUT2D eigenvalue weighted by atomic mass is 16.2. The zero-order valence-electron chi connectivity index (χ0n) is 11.1. The van der Waals surface area contributed by atoms with Crippen LogP contribution < -0.4 is 10.6 Å². The number of carbonyl (C=O) groups excluding carboxylic acids is 2. The first-order valence-corrected chi connectivity index (χ1v) is 6.95. The third-order valence-corrected chi connectivity index (χ3v) is 3.72. The molecular formula is C13H23N3O2. The van der Waals surface area contributed by atoms with Gasteiger partial charge in [0.1, 0.15) is 0 Å². The molecule has 102 valence electrons. The maximum Gasteiger partial charge on any atom is 0.224 e. The monoisotopic (exact) mass is 253 g/mol. The molecule has 0 aromatic heterocycles. The van der Waals surface area contributed by atoms with Gasteiger partial charge in [-0.3, -0.25) is 9.59 Å². The number of rotatable bonds is 4. The minimum atomic E-state index is 0.0430. The molecule has 5 heteroatoms. The molecule has 5 nitrogen and oxygen atoms in total. The number of amides is 2. The van der Waals surface area contributed by atoms with E-state index >= 15 is 0 Å². The van der Waals surface area contributed by atoms with Crippen LogP contribution >= 0.6 is 0 Å². The van der Waals surface area contributed by atoms with E-state index in [-0.39, 0.29) is 23.8 Å². The van der Waals surface area contributed by atoms with Crippen LogP contribution in [0.1, 0.15) is 32.6 Å². The van der Waals surface area contributed by atoms with Crippen molar-refractivity contribution in [3.63, 3.8) is 0 Å². The van der Waals surface area contributed by atoms with E-state index in [9.17, 15) is 9.59 Å². The van der Waals surface area contributed by atoms with Crippen molar-refractivity contribution in [3.8, 4) is 0 Å². The van der Waals surface area contributed by atoms with Gasteiger partial charge < -0.3 is 15.5 Å². The fourth-order valence-electron chi connectivity index (χ4n) is 2.71. The lowest BCUT2D eigenvalue weighted by molar-refractivity contribution is -0.130. The van der Waals surface area contributed by atoms with Gasteiger partial charge in [-0.1, -0.05) is 0 Å². The second-order valence-electron chi connectivity index (χ2n) is 5.40. The Labute approximate surface area is 108 Å². The van der Waals surface area contributed by atoms with Gasteiger partial charge in [0.25, 0.3) is 0 Å². The summed E-state index contributed by atoms with van der Waals surface area (Å²) < 4.78 is 0. The van der Waals surface area contributed by atoms with E-state index in [1.165, 1.54) is 0 Å². The van der Waals surface area contributed by atoms with Crippen LogP contribution in [0, 0.1) is 5.92 Å². The van der Waals surface area contributed by atoms with Gasteiger partial charge in [-0.05, 0) is 32.7 Å². The normalized spacial score (nSPS) is 26.2. The van der Waals surface area contributed by atoms with E-state index < -0.39 is 0 Å². The quantitative estimate of drug-likeness (QED) is 0.748. The molecule has 2 saturated heterocycles. The second kappa shape index (κ2) is 6.18. The summed E-state index contributed by atoms with van der Waals surface area (Å²) in [6.07, 6.45) is 3.64. The molecule has 2 aliphatic heterocycles. The number of likely N-dealkylation sites (tertiary alicyclic amines) is 1. The fraction of sp³-hybridized carbons (Fsp3) is 0.846. The molecule has 2 aliphatic rings. The summed E-state index contributed by atoms with van der Waals surface area (Å²) in [5, 5.41) is 6.27. The van der Waals surface area contributed by atoms with Crippen LogP contribution in [-0.4, -0.2) is 48.9 Å². The van der Waals surface area contributed by atoms with Crippen molar-refractivity contribution in [3.05, 3.63) is 0 Å². The van der Waals surface area contributed by atoms with E-state index in [0.29, 0.717) is 13.0 Å². The Morgan fingerprint density at radius 2 is 2.39 bits per heavy atom. The first kappa shape index (κ1) is 13.3. The molecule has 0 spiro atoms. The van der Waals surface area contributed by atoms with Crippen LogP contribution in [0.4, 0.5) is 0 Å². The maximum absolute atomic E-state index is 12.0. The molecule has 1 unspecified atom stereocenters. The number of carbonyl (C=O) groups is 2. The zero-order valence-corrected chi connectivity index (χ0v) is 11.1. The molecule has 0 aromatic rings. The number of hydrogen-bond acceptors (Lipinski definition) is 3. The number of nitrogens with zero attached hydrogens (tertiary/aromatic N) is 1. The van der Waals surface area contributed by atoms with Gasteiger partial charge in [-0.2, -0.15) is 0 Å². The number of hydrogen-bond donors (Lipinski definition) is 2. The molecule has 18 heavy (non-hydrogen) atoms. The Bertz CT molecular complexity index is 313. The van der Waals surface area contributed by atoms with Crippen molar-refractivity contribution in [2.75, 3.05) is 26.2 Å². The first-order valence-electron chi connectivity index (χ1n) is 6.95. The van der Waals surface area contributed by atoms with Gasteiger partial charge in [0, 0.05) is 32.1 Å². The Balaban J connectivity index is 1.74. The van der Waals surface area contributed by atoms with Crippen molar-refractivity contribution < 1.29 is 9.59 Å². The standard InChI is InChI=1S/C13H23N3O2/c1-10(9-16-7-3-5-12(16)17)15-13(18)11-4-2-6-14-8-11/h10-11,14H,2-9H2,1H3,(H,15,18)/t10?,11-/m1/s1. The van der Waals surface area contributed by atoms with Crippen molar-refractivity contribution in [1.29, 1.82) is 0 Å². The largest absolute Gasteiger partial charge is 0.352 e. The second-order valence-corrected chi connectivity index (χ2v) is 5.40. The van der Waals surface area contributed by atoms with E-state index in [1.54, 1.807) is 0 Å². The predicted octanol–water partition coefficient (Wildman–Crippen LogP) is 0.113. The van der Waals surface area contributed by atoms with Crippen LogP contribution in [0.25, 0.3) is 0 Å². The Morgan fingerprint density at radius 1 is 1.56 bits per heavy atom. The van der Waals surface area contributed by atoms with Crippen molar-refractivity contribution in [2.45, 2.75) is 38.6 Å². The Morgan fingerprint density at radius 3 is 3.00 bits per heavy atom. The lowest BCUT2D eigenvalue weighted by atomic mass is 9.98. The summed E-state index contributed by atoms with van der Waals surface area (Å²) >= 11 is 0. The highest BCUT2D eigenvalue weighted by molar-refractivity contribution is 5.80. The molecule has 2 atom stereocenters. The molecule has 0 saturated carbocycles. The van der Waals surface area contributed by atoms with Gasteiger partial charge in [-0.25, -0.2) is 0 Å². The van der Waals surface area contributed by atoms with Crippen molar-refractivity contribution in [1.82, 2.24) is 15.5 Å². The van der Waals surface area contributed by atoms with Crippen LogP contribution in [0.5, 0.6) is 0 Å². The summed E-state index contributed by atoms with van der Waals surface area (Å²) in [4.78, 5) is 25.4. The van der Waals surface area contributed by atoms with Gasteiger partial charge in [-0.15, -0.1) is 0 Å². The fourth-order valence-corrected chi connectivity index (χ4v) is 2.71. The van der Waals surface area contributed by atoms with Gasteiger partial charge in [0.2, 0.25) is 11.8 Å². The molecule has 0 aliphatic carbocycles. The molecule has 0 bridgehead atoms. The van der Waals surface area contributed by atoms with Gasteiger partial charge in [0.05, 0.1) is 5.92 Å². The number of nitrogens with one attached hydrogen (secondary N) is 2. The van der Waals surface area contributed by atoms with Crippen LogP contribution in [0.3, 0.4) is 0 Å². The van der Waals surface area contributed by atoms with Crippen LogP contribution in [-0.2, 0) is 9.59 Å². The third kappa shape index (κ3) is 3.45. The zero-order chi connectivity index (χ0) is 13.0. The average molecular weight is 253 g/mol. The smallest absolute Gasteiger partial charge is 0.224 e. The predicted molar refractivity (Wildman–Crippen MR) is 69.0 cm³/mol. The van der Waals surface area contributed by atoms with Gasteiger partial charge in [0.15, 0.2) is 0 Å². The molecule has 2 rings (SSSR count). The summed E-state index contributed by atoms with van der Waals surface area (Å²) in [6, 6.07) is 0.0430. The molecule has 2 amide bonds. The highest BCUT2D eigenvalue weighted by Gasteiger charge is 2.25. The summed E-state index contributed by atoms with van der Waals surface area (Å²) in [6.45, 7) is 5.25. The topological polar surface area (TPSA) is 61.4 Å². The molecular weight excluding hydrogens is 230 g/mol. The molecule has 2 fully saturated rings. The Hall–Kier alpha value is -1.10. The van der Waals surface area contributed by atoms with Crippen molar-refractivity contribution in [2.24, 2.45) is 5.92 Å². The number of piperidine rings is 1. The van der Waals surface area contributed by atoms with E-state index in [1.807, 2.05) is 11.8 Å². The van der Waals surface area contributed by atoms with Crippen LogP contribution in [0.15, 0.2) is 0 Å². The minimum Gasteiger partial charge on any atom is -0.352 e. The lowest BCUT2D eigenvalue weighted by Gasteiger charge is -2.26. The third-order valence-electron chi connectivity index (χ3n) is 3.72. The first-order chi connectivity index (χ1) is 8.66. The molecule has 0 aromatic carbocycles. The van der Waals surface area contributed by atoms with E-state index in [4.69, 9.17) is 0 Å². The highest BCUT2D eigenvalue weighted by Crippen LogP contribution is 2.12. The summed E-state index contributed by atoms with van der Waals surface area (Å²) in [7, 11) is 0. The van der Waals surface area contributed by atoms with Crippen LogP contribution in [0.2, 0.25) is 0 Å². The van der Waals surface area contributed by atoms with Crippen molar-refractivity contribution >= 4 is 11.8 Å². The minimum absolute atomic E-state index is 0.0430. The Kier molecular flexibility index (Phi) is 4.58. The molecule has 2 heterocycles. The summed E-state index contributed by atoms with van der Waals surface area (Å²) in [5.41, 5.74) is 0. The lowest BCUT2D eigenvalue weighted by Crippen LogP contribution is -2.47. The SMILES string of the molecule is CC(CN1CCCC1=O)NC(=O)[C@@H]1CCCNC1. The van der Waals surface area contributed by atoms with E-state index in [0.717, 1.165) is 38.9 Å². The van der Waals surface area contributed by atoms with E-state index in [2.05, 4.69) is 10.6 Å². The molecule has 2 N–H and O–H groups in total. The van der Waals surface area contributed by atoms with Gasteiger partial charge >= 0.3 is 0 Å². The molecule has 0 radical (unpaired) electrons. The summed E-state index contributed by atoms with van der Waals surface area (Å²) in [5.74, 6) is 0.437. The average Bonchev–Trinajstić information content (AvgIpc) is 2.76. The maximum atomic E-state index is 12.0.